The lowest BCUT2D eigenvalue weighted by Gasteiger charge is -2.49. The molecule has 2 heterocycles. The first-order chi connectivity index (χ1) is 15.0. The number of aliphatic imine (C=N–C) groups is 1. The van der Waals surface area contributed by atoms with E-state index in [9.17, 15) is 13.6 Å². The van der Waals surface area contributed by atoms with E-state index in [1.807, 2.05) is 13.8 Å². The Morgan fingerprint density at radius 1 is 1.06 bits per heavy atom. The SMILES string of the molecule is CC(C)(N)C(=O)N1CCN2C(=NC(c3ccc(F)cc3)C2Nc2ccc(F)cc2)C1(C)C. The molecule has 0 aliphatic carbocycles. The predicted molar refractivity (Wildman–Crippen MR) is 121 cm³/mol. The van der Waals surface area contributed by atoms with Crippen LogP contribution in [0.2, 0.25) is 0 Å². The van der Waals surface area contributed by atoms with Crippen molar-refractivity contribution >= 4 is 17.4 Å². The summed E-state index contributed by atoms with van der Waals surface area (Å²) in [6, 6.07) is 12.1. The summed E-state index contributed by atoms with van der Waals surface area (Å²) in [6.07, 6.45) is -0.275. The molecule has 0 aromatic heterocycles. The second-order valence-corrected chi connectivity index (χ2v) is 9.48. The van der Waals surface area contributed by atoms with Crippen LogP contribution in [0.4, 0.5) is 14.5 Å². The molecule has 0 radical (unpaired) electrons. The lowest BCUT2D eigenvalue weighted by atomic mass is 9.93. The highest BCUT2D eigenvalue weighted by Gasteiger charge is 2.51. The van der Waals surface area contributed by atoms with Crippen molar-refractivity contribution in [1.82, 2.24) is 9.80 Å². The van der Waals surface area contributed by atoms with Crippen molar-refractivity contribution in [2.24, 2.45) is 10.7 Å². The fraction of sp³-hybridized carbons (Fsp3) is 0.417. The number of nitrogens with two attached hydrogens (primary N) is 1. The molecule has 4 rings (SSSR count). The van der Waals surface area contributed by atoms with Gasteiger partial charge >= 0.3 is 0 Å². The van der Waals surface area contributed by atoms with Gasteiger partial charge < -0.3 is 20.9 Å². The van der Waals surface area contributed by atoms with E-state index in [2.05, 4.69) is 10.2 Å². The molecule has 1 fully saturated rings. The first-order valence-corrected chi connectivity index (χ1v) is 10.7. The maximum absolute atomic E-state index is 13.6. The third kappa shape index (κ3) is 3.95. The van der Waals surface area contributed by atoms with E-state index in [0.717, 1.165) is 17.1 Å². The van der Waals surface area contributed by atoms with Gasteiger partial charge in [-0.05, 0) is 69.7 Å². The Labute approximate surface area is 187 Å². The van der Waals surface area contributed by atoms with Crippen LogP contribution < -0.4 is 11.1 Å². The standard InChI is InChI=1S/C24H29F2N5O/c1-23(2,27)22(32)31-14-13-30-20(28-18-11-9-17(26)10-12-18)19(29-21(30)24(31,3)4)15-5-7-16(25)8-6-15/h5-12,19-20,28H,13-14,27H2,1-4H3. The number of nitrogens with zero attached hydrogens (tertiary/aromatic N) is 3. The fourth-order valence-electron chi connectivity index (χ4n) is 4.43. The molecule has 0 saturated carbocycles. The van der Waals surface area contributed by atoms with Crippen molar-refractivity contribution in [3.63, 3.8) is 0 Å². The molecule has 8 heteroatoms. The minimum absolute atomic E-state index is 0.141. The highest BCUT2D eigenvalue weighted by atomic mass is 19.1. The van der Waals surface area contributed by atoms with Gasteiger partial charge in [-0.15, -0.1) is 0 Å². The van der Waals surface area contributed by atoms with Gasteiger partial charge in [-0.25, -0.2) is 8.78 Å². The highest BCUT2D eigenvalue weighted by Crippen LogP contribution is 2.39. The second-order valence-electron chi connectivity index (χ2n) is 9.48. The summed E-state index contributed by atoms with van der Waals surface area (Å²) in [5.74, 6) is -0.0116. The minimum Gasteiger partial charge on any atom is -0.363 e. The normalized spacial score (nSPS) is 22.4. The van der Waals surface area contributed by atoms with E-state index in [1.54, 1.807) is 43.0 Å². The Hall–Kier alpha value is -3.00. The number of benzene rings is 2. The highest BCUT2D eigenvalue weighted by molar-refractivity contribution is 5.99. The number of anilines is 1. The molecule has 1 amide bonds. The number of carbonyl (C=O) groups is 1. The van der Waals surface area contributed by atoms with Crippen LogP contribution in [0.3, 0.4) is 0 Å². The van der Waals surface area contributed by atoms with Gasteiger partial charge in [-0.3, -0.25) is 9.79 Å². The number of hydrogen-bond donors (Lipinski definition) is 2. The van der Waals surface area contributed by atoms with Crippen LogP contribution in [0.15, 0.2) is 53.5 Å². The minimum atomic E-state index is -0.999. The first kappa shape index (κ1) is 22.2. The van der Waals surface area contributed by atoms with E-state index >= 15 is 0 Å². The van der Waals surface area contributed by atoms with Crippen LogP contribution in [0.5, 0.6) is 0 Å². The summed E-state index contributed by atoms with van der Waals surface area (Å²) in [4.78, 5) is 22.0. The Morgan fingerprint density at radius 3 is 2.19 bits per heavy atom. The van der Waals surface area contributed by atoms with E-state index in [1.165, 1.54) is 24.3 Å². The lowest BCUT2D eigenvalue weighted by Crippen LogP contribution is -2.68. The molecular weight excluding hydrogens is 412 g/mol. The monoisotopic (exact) mass is 441 g/mol. The smallest absolute Gasteiger partial charge is 0.242 e. The summed E-state index contributed by atoms with van der Waals surface area (Å²) in [6.45, 7) is 8.38. The number of halogens is 2. The van der Waals surface area contributed by atoms with E-state index in [4.69, 9.17) is 10.7 Å². The molecule has 0 bridgehead atoms. The number of carbonyl (C=O) groups excluding carboxylic acids is 1. The van der Waals surface area contributed by atoms with Crippen LogP contribution in [0, 0.1) is 11.6 Å². The summed E-state index contributed by atoms with van der Waals surface area (Å²) in [7, 11) is 0. The maximum Gasteiger partial charge on any atom is 0.242 e. The van der Waals surface area contributed by atoms with E-state index in [-0.39, 0.29) is 29.7 Å². The third-order valence-electron chi connectivity index (χ3n) is 6.12. The third-order valence-corrected chi connectivity index (χ3v) is 6.12. The fourth-order valence-corrected chi connectivity index (χ4v) is 4.43. The first-order valence-electron chi connectivity index (χ1n) is 10.7. The second kappa shape index (κ2) is 7.85. The molecule has 2 atom stereocenters. The molecule has 6 nitrogen and oxygen atoms in total. The number of amidine groups is 1. The number of amides is 1. The van der Waals surface area contributed by atoms with Crippen molar-refractivity contribution in [3.05, 3.63) is 65.7 Å². The number of fused-ring (bicyclic) bond motifs is 1. The van der Waals surface area contributed by atoms with Crippen LogP contribution in [-0.4, -0.2) is 51.9 Å². The van der Waals surface area contributed by atoms with Crippen molar-refractivity contribution in [1.29, 1.82) is 0 Å². The molecular formula is C24H29F2N5O. The molecule has 2 aromatic carbocycles. The number of hydrogen-bond acceptors (Lipinski definition) is 5. The zero-order chi connectivity index (χ0) is 23.3. The van der Waals surface area contributed by atoms with Gasteiger partial charge in [0.2, 0.25) is 5.91 Å². The molecule has 1 saturated heterocycles. The summed E-state index contributed by atoms with van der Waals surface area (Å²) in [5, 5.41) is 3.47. The number of rotatable bonds is 4. The van der Waals surface area contributed by atoms with Gasteiger partial charge in [0.25, 0.3) is 0 Å². The Bertz CT molecular complexity index is 1030. The van der Waals surface area contributed by atoms with Crippen LogP contribution in [0.25, 0.3) is 0 Å². The summed E-state index contributed by atoms with van der Waals surface area (Å²) >= 11 is 0. The van der Waals surface area contributed by atoms with Crippen LogP contribution in [-0.2, 0) is 4.79 Å². The molecule has 32 heavy (non-hydrogen) atoms. The topological polar surface area (TPSA) is 74.0 Å². The molecule has 0 spiro atoms. The molecule has 3 N–H and O–H groups in total. The predicted octanol–water partition coefficient (Wildman–Crippen LogP) is 3.52. The average Bonchev–Trinajstić information content (AvgIpc) is 3.09. The van der Waals surface area contributed by atoms with Gasteiger partial charge in [0.15, 0.2) is 0 Å². The largest absolute Gasteiger partial charge is 0.363 e. The molecule has 2 aliphatic heterocycles. The zero-order valence-corrected chi connectivity index (χ0v) is 18.8. The Morgan fingerprint density at radius 2 is 1.62 bits per heavy atom. The zero-order valence-electron chi connectivity index (χ0n) is 18.8. The Balaban J connectivity index is 1.72. The molecule has 170 valence electrons. The Kier molecular flexibility index (Phi) is 5.45. The quantitative estimate of drug-likeness (QED) is 0.762. The molecule has 2 unspecified atom stereocenters. The van der Waals surface area contributed by atoms with Gasteiger partial charge in [-0.1, -0.05) is 12.1 Å². The van der Waals surface area contributed by atoms with Crippen molar-refractivity contribution in [3.8, 4) is 0 Å². The lowest BCUT2D eigenvalue weighted by molar-refractivity contribution is -0.140. The summed E-state index contributed by atoms with van der Waals surface area (Å²) in [5.41, 5.74) is 6.03. The molecule has 2 aromatic rings. The van der Waals surface area contributed by atoms with Crippen LogP contribution in [0.1, 0.15) is 39.3 Å². The summed E-state index contributed by atoms with van der Waals surface area (Å²) < 4.78 is 27.0. The number of nitrogens with one attached hydrogen (secondary N) is 1. The van der Waals surface area contributed by atoms with Crippen molar-refractivity contribution in [2.75, 3.05) is 18.4 Å². The average molecular weight is 442 g/mol. The van der Waals surface area contributed by atoms with Gasteiger partial charge in [0.1, 0.15) is 29.7 Å². The molecule has 2 aliphatic rings. The van der Waals surface area contributed by atoms with Gasteiger partial charge in [-0.2, -0.15) is 0 Å². The number of piperazine rings is 1. The van der Waals surface area contributed by atoms with Crippen molar-refractivity contribution in [2.45, 2.75) is 51.0 Å². The van der Waals surface area contributed by atoms with Gasteiger partial charge in [0.05, 0.1) is 11.1 Å². The van der Waals surface area contributed by atoms with E-state index in [0.29, 0.717) is 13.1 Å². The van der Waals surface area contributed by atoms with Gasteiger partial charge in [0, 0.05) is 18.8 Å². The van der Waals surface area contributed by atoms with Crippen molar-refractivity contribution < 1.29 is 13.6 Å². The van der Waals surface area contributed by atoms with Crippen LogP contribution >= 0.6 is 0 Å². The van der Waals surface area contributed by atoms with E-state index < -0.39 is 11.1 Å². The maximum atomic E-state index is 13.6.